The van der Waals surface area contributed by atoms with Gasteiger partial charge in [-0.15, -0.1) is 0 Å². The average molecular weight is 264 g/mol. The summed E-state index contributed by atoms with van der Waals surface area (Å²) >= 11 is 0. The molecule has 0 radical (unpaired) electrons. The van der Waals surface area contributed by atoms with E-state index in [4.69, 9.17) is 5.11 Å². The van der Waals surface area contributed by atoms with Crippen LogP contribution in [-0.4, -0.2) is 28.1 Å². The zero-order valence-corrected chi connectivity index (χ0v) is 10.9. The summed E-state index contributed by atoms with van der Waals surface area (Å²) in [6.45, 7) is 1.33. The Kier molecular flexibility index (Phi) is 4.60. The summed E-state index contributed by atoms with van der Waals surface area (Å²) in [4.78, 5) is 22.9. The van der Waals surface area contributed by atoms with Gasteiger partial charge < -0.3 is 15.0 Å². The molecular weight excluding hydrogens is 244 g/mol. The molecular formula is C14H20N2O3. The lowest BCUT2D eigenvalue weighted by Gasteiger charge is -2.25. The number of nitrogens with one attached hydrogen (secondary N) is 1. The first kappa shape index (κ1) is 13.6. The lowest BCUT2D eigenvalue weighted by molar-refractivity contribution is -0.144. The normalized spacial score (nSPS) is 22.9. The topological polar surface area (TPSA) is 71.3 Å². The first-order valence-electron chi connectivity index (χ1n) is 6.78. The van der Waals surface area contributed by atoms with E-state index < -0.39 is 5.97 Å². The highest BCUT2D eigenvalue weighted by Gasteiger charge is 2.30. The van der Waals surface area contributed by atoms with Crippen LogP contribution in [0.3, 0.4) is 0 Å². The van der Waals surface area contributed by atoms with E-state index in [1.807, 2.05) is 29.1 Å². The van der Waals surface area contributed by atoms with Crippen LogP contribution in [0.1, 0.15) is 25.7 Å². The quantitative estimate of drug-likeness (QED) is 0.846. The molecule has 1 aliphatic carbocycles. The number of carboxylic acid groups (broad SMARTS) is 1. The van der Waals surface area contributed by atoms with Gasteiger partial charge in [-0.2, -0.15) is 0 Å². The van der Waals surface area contributed by atoms with E-state index in [0.29, 0.717) is 19.4 Å². The second-order valence-electron chi connectivity index (χ2n) is 5.11. The number of carbonyl (C=O) groups excluding carboxylic acids is 1. The van der Waals surface area contributed by atoms with Gasteiger partial charge in [0.1, 0.15) is 0 Å². The highest BCUT2D eigenvalue weighted by molar-refractivity contribution is 5.80. The van der Waals surface area contributed by atoms with Gasteiger partial charge in [-0.1, -0.05) is 6.42 Å². The molecule has 0 bridgehead atoms. The molecule has 5 nitrogen and oxygen atoms in total. The van der Waals surface area contributed by atoms with Crippen molar-refractivity contribution in [1.82, 2.24) is 9.88 Å². The molecule has 1 aromatic rings. The van der Waals surface area contributed by atoms with Gasteiger partial charge in [0.15, 0.2) is 0 Å². The number of aromatic nitrogens is 1. The molecule has 19 heavy (non-hydrogen) atoms. The summed E-state index contributed by atoms with van der Waals surface area (Å²) in [5, 5.41) is 11.9. The van der Waals surface area contributed by atoms with Crippen LogP contribution in [0.2, 0.25) is 0 Å². The van der Waals surface area contributed by atoms with Crippen molar-refractivity contribution in [2.24, 2.45) is 11.8 Å². The maximum atomic E-state index is 12.0. The number of nitrogens with zero attached hydrogens (tertiary/aromatic N) is 1. The number of aliphatic carboxylic acids is 1. The van der Waals surface area contributed by atoms with Crippen LogP contribution in [0.15, 0.2) is 24.5 Å². The summed E-state index contributed by atoms with van der Waals surface area (Å²) < 4.78 is 2.00. The van der Waals surface area contributed by atoms with Gasteiger partial charge in [0.2, 0.25) is 5.91 Å². The number of hydrogen-bond donors (Lipinski definition) is 2. The predicted molar refractivity (Wildman–Crippen MR) is 70.5 cm³/mol. The molecule has 0 spiro atoms. The van der Waals surface area contributed by atoms with Gasteiger partial charge in [-0.05, 0) is 31.4 Å². The minimum absolute atomic E-state index is 0.00175. The Morgan fingerprint density at radius 1 is 1.21 bits per heavy atom. The number of hydrogen-bond acceptors (Lipinski definition) is 2. The molecule has 1 aromatic heterocycles. The van der Waals surface area contributed by atoms with Crippen molar-refractivity contribution >= 4 is 11.9 Å². The standard InChI is InChI=1S/C14H20N2O3/c17-13(15-6-9-16-7-1-2-8-16)11-4-3-5-12(10-11)14(18)19/h1-2,7-8,11-12H,3-6,9-10H2,(H,15,17)(H,18,19). The summed E-state index contributed by atoms with van der Waals surface area (Å²) in [6, 6.07) is 3.89. The lowest BCUT2D eigenvalue weighted by Crippen LogP contribution is -2.36. The summed E-state index contributed by atoms with van der Waals surface area (Å²) in [5.41, 5.74) is 0. The molecule has 2 unspecified atom stereocenters. The van der Waals surface area contributed by atoms with Crippen LogP contribution in [-0.2, 0) is 16.1 Å². The Balaban J connectivity index is 1.74. The van der Waals surface area contributed by atoms with Crippen molar-refractivity contribution in [2.45, 2.75) is 32.2 Å². The van der Waals surface area contributed by atoms with Crippen molar-refractivity contribution < 1.29 is 14.7 Å². The maximum Gasteiger partial charge on any atom is 0.306 e. The fraction of sp³-hybridized carbons (Fsp3) is 0.571. The van der Waals surface area contributed by atoms with E-state index in [2.05, 4.69) is 5.32 Å². The molecule has 2 rings (SSSR count). The smallest absolute Gasteiger partial charge is 0.306 e. The van der Waals surface area contributed by atoms with Gasteiger partial charge in [-0.25, -0.2) is 0 Å². The number of carboxylic acids is 1. The Morgan fingerprint density at radius 2 is 1.89 bits per heavy atom. The third-order valence-corrected chi connectivity index (χ3v) is 3.73. The van der Waals surface area contributed by atoms with Gasteiger partial charge in [-0.3, -0.25) is 9.59 Å². The number of rotatable bonds is 5. The Bertz CT molecular complexity index is 428. The predicted octanol–water partition coefficient (Wildman–Crippen LogP) is 1.50. The number of amides is 1. The van der Waals surface area contributed by atoms with Gasteiger partial charge >= 0.3 is 5.97 Å². The third-order valence-electron chi connectivity index (χ3n) is 3.73. The Hall–Kier alpha value is -1.78. The molecule has 1 amide bonds. The molecule has 1 aliphatic rings. The highest BCUT2D eigenvalue weighted by Crippen LogP contribution is 2.29. The molecule has 5 heteroatoms. The highest BCUT2D eigenvalue weighted by atomic mass is 16.4. The van der Waals surface area contributed by atoms with Gasteiger partial charge in [0.25, 0.3) is 0 Å². The average Bonchev–Trinajstić information content (AvgIpc) is 2.92. The van der Waals surface area contributed by atoms with E-state index >= 15 is 0 Å². The van der Waals surface area contributed by atoms with E-state index in [-0.39, 0.29) is 17.7 Å². The minimum Gasteiger partial charge on any atom is -0.481 e. The summed E-state index contributed by atoms with van der Waals surface area (Å²) in [6.07, 6.45) is 6.71. The van der Waals surface area contributed by atoms with Crippen molar-refractivity contribution in [3.8, 4) is 0 Å². The first-order chi connectivity index (χ1) is 9.16. The third kappa shape index (κ3) is 3.84. The second-order valence-corrected chi connectivity index (χ2v) is 5.11. The lowest BCUT2D eigenvalue weighted by atomic mass is 9.81. The molecule has 0 aromatic carbocycles. The largest absolute Gasteiger partial charge is 0.481 e. The van der Waals surface area contributed by atoms with Gasteiger partial charge in [0.05, 0.1) is 5.92 Å². The van der Waals surface area contributed by atoms with Gasteiger partial charge in [0, 0.05) is 31.4 Å². The second kappa shape index (κ2) is 6.41. The van der Waals surface area contributed by atoms with Crippen LogP contribution in [0, 0.1) is 11.8 Å². The molecule has 2 atom stereocenters. The molecule has 2 N–H and O–H groups in total. The number of carbonyl (C=O) groups is 2. The summed E-state index contributed by atoms with van der Waals surface area (Å²) in [5.74, 6) is -1.27. The molecule has 1 heterocycles. The fourth-order valence-electron chi connectivity index (χ4n) is 2.62. The van der Waals surface area contributed by atoms with E-state index in [1.54, 1.807) is 0 Å². The van der Waals surface area contributed by atoms with Crippen molar-refractivity contribution in [3.63, 3.8) is 0 Å². The van der Waals surface area contributed by atoms with Crippen molar-refractivity contribution in [3.05, 3.63) is 24.5 Å². The van der Waals surface area contributed by atoms with Crippen LogP contribution < -0.4 is 5.32 Å². The van der Waals surface area contributed by atoms with E-state index in [1.165, 1.54) is 0 Å². The Labute approximate surface area is 112 Å². The van der Waals surface area contributed by atoms with Crippen LogP contribution in [0.25, 0.3) is 0 Å². The zero-order chi connectivity index (χ0) is 13.7. The van der Waals surface area contributed by atoms with Crippen LogP contribution in [0.4, 0.5) is 0 Å². The molecule has 104 valence electrons. The van der Waals surface area contributed by atoms with E-state index in [9.17, 15) is 9.59 Å². The van der Waals surface area contributed by atoms with Crippen molar-refractivity contribution in [1.29, 1.82) is 0 Å². The molecule has 1 fully saturated rings. The van der Waals surface area contributed by atoms with E-state index in [0.717, 1.165) is 19.4 Å². The monoisotopic (exact) mass is 264 g/mol. The first-order valence-corrected chi connectivity index (χ1v) is 6.78. The van der Waals surface area contributed by atoms with Crippen LogP contribution in [0.5, 0.6) is 0 Å². The maximum absolute atomic E-state index is 12.0. The van der Waals surface area contributed by atoms with Crippen molar-refractivity contribution in [2.75, 3.05) is 6.54 Å². The zero-order valence-electron chi connectivity index (χ0n) is 10.9. The Morgan fingerprint density at radius 3 is 2.58 bits per heavy atom. The SMILES string of the molecule is O=C(O)C1CCCC(C(=O)NCCn2cccc2)C1. The molecule has 0 aliphatic heterocycles. The minimum atomic E-state index is -0.773. The summed E-state index contributed by atoms with van der Waals surface area (Å²) in [7, 11) is 0. The molecule has 1 saturated carbocycles. The fourth-order valence-corrected chi connectivity index (χ4v) is 2.62. The molecule has 0 saturated heterocycles. The van der Waals surface area contributed by atoms with Crippen LogP contribution >= 0.6 is 0 Å².